The number of benzene rings is 1. The highest BCUT2D eigenvalue weighted by atomic mass is 35.5. The molecule has 1 atom stereocenters. The number of nitrogens with one attached hydrogen (secondary N) is 1. The molecule has 2 heterocycles. The number of amides is 2. The highest BCUT2D eigenvalue weighted by Crippen LogP contribution is 2.30. The van der Waals surface area contributed by atoms with E-state index in [9.17, 15) is 9.59 Å². The van der Waals surface area contributed by atoms with Crippen molar-refractivity contribution in [2.45, 2.75) is 25.8 Å². The van der Waals surface area contributed by atoms with Crippen molar-refractivity contribution in [1.82, 2.24) is 5.32 Å². The van der Waals surface area contributed by atoms with Crippen LogP contribution in [0.5, 0.6) is 0 Å². The average molecular weight is 323 g/mol. The van der Waals surface area contributed by atoms with Crippen molar-refractivity contribution in [3.63, 3.8) is 0 Å². The third kappa shape index (κ3) is 2.71. The number of nitrogens with zero attached hydrogens (tertiary/aromatic N) is 1. The number of halogens is 1. The smallest absolute Gasteiger partial charge is 0.249 e. The Hall–Kier alpha value is -1.59. The maximum absolute atomic E-state index is 12.7. The molecule has 0 radical (unpaired) electrons. The number of carbonyl (C=O) groups excluding carboxylic acids is 2. The van der Waals surface area contributed by atoms with Gasteiger partial charge in [0.2, 0.25) is 11.8 Å². The minimum absolute atomic E-state index is 0.100. The zero-order chi connectivity index (χ0) is 15.7. The van der Waals surface area contributed by atoms with Crippen LogP contribution in [0.1, 0.15) is 19.8 Å². The van der Waals surface area contributed by atoms with Gasteiger partial charge in [0.1, 0.15) is 6.04 Å². The molecule has 2 aliphatic heterocycles. The fourth-order valence-corrected chi connectivity index (χ4v) is 3.03. The Labute approximate surface area is 134 Å². The maximum Gasteiger partial charge on any atom is 0.249 e. The Bertz CT molecular complexity index is 601. The van der Waals surface area contributed by atoms with Crippen LogP contribution in [-0.4, -0.2) is 37.6 Å². The summed E-state index contributed by atoms with van der Waals surface area (Å²) in [4.78, 5) is 26.6. The number of rotatable bonds is 3. The first kappa shape index (κ1) is 15.3. The summed E-state index contributed by atoms with van der Waals surface area (Å²) in [6.45, 7) is 3.29. The zero-order valence-electron chi connectivity index (χ0n) is 12.5. The molecule has 0 spiro atoms. The van der Waals surface area contributed by atoms with Crippen LogP contribution < -0.4 is 10.2 Å². The van der Waals surface area contributed by atoms with Gasteiger partial charge in [-0.2, -0.15) is 0 Å². The molecular formula is C16H19ClN2O3. The van der Waals surface area contributed by atoms with Crippen molar-refractivity contribution in [3.8, 4) is 0 Å². The summed E-state index contributed by atoms with van der Waals surface area (Å²) in [5.74, 6) is -0.213. The number of anilines is 1. The van der Waals surface area contributed by atoms with E-state index in [2.05, 4.69) is 5.32 Å². The predicted octanol–water partition coefficient (Wildman–Crippen LogP) is 1.99. The van der Waals surface area contributed by atoms with Crippen LogP contribution in [-0.2, 0) is 14.3 Å². The molecule has 3 rings (SSSR count). The fourth-order valence-electron chi connectivity index (χ4n) is 2.79. The van der Waals surface area contributed by atoms with E-state index in [0.29, 0.717) is 36.9 Å². The molecule has 0 saturated carbocycles. The van der Waals surface area contributed by atoms with Crippen LogP contribution >= 0.6 is 11.6 Å². The summed E-state index contributed by atoms with van der Waals surface area (Å²) in [6, 6.07) is 6.78. The minimum atomic E-state index is -0.507. The molecule has 1 aromatic carbocycles. The van der Waals surface area contributed by atoms with Crippen molar-refractivity contribution >= 4 is 29.1 Å². The van der Waals surface area contributed by atoms with Gasteiger partial charge in [0.05, 0.1) is 29.3 Å². The van der Waals surface area contributed by atoms with Gasteiger partial charge in [0.15, 0.2) is 0 Å². The molecular weight excluding hydrogens is 304 g/mol. The highest BCUT2D eigenvalue weighted by molar-refractivity contribution is 6.33. The molecule has 0 unspecified atom stereocenters. The van der Waals surface area contributed by atoms with Crippen molar-refractivity contribution < 1.29 is 14.3 Å². The van der Waals surface area contributed by atoms with Crippen LogP contribution in [0.25, 0.3) is 0 Å². The molecule has 2 saturated heterocycles. The lowest BCUT2D eigenvalue weighted by atomic mass is 9.87. The summed E-state index contributed by atoms with van der Waals surface area (Å²) in [6.07, 6.45) is 1.48. The van der Waals surface area contributed by atoms with E-state index in [1.54, 1.807) is 11.0 Å². The molecule has 2 amide bonds. The Balaban J connectivity index is 1.73. The first-order chi connectivity index (χ1) is 10.5. The minimum Gasteiger partial charge on any atom is -0.379 e. The monoisotopic (exact) mass is 322 g/mol. The van der Waals surface area contributed by atoms with Crippen LogP contribution in [0.3, 0.4) is 0 Å². The number of para-hydroxylation sites is 1. The topological polar surface area (TPSA) is 58.6 Å². The number of piperidine rings is 1. The number of carbonyl (C=O) groups is 2. The summed E-state index contributed by atoms with van der Waals surface area (Å²) in [5.41, 5.74) is 0.193. The van der Waals surface area contributed by atoms with E-state index >= 15 is 0 Å². The third-order valence-corrected chi connectivity index (χ3v) is 4.60. The summed E-state index contributed by atoms with van der Waals surface area (Å²) < 4.78 is 5.11. The quantitative estimate of drug-likeness (QED) is 0.926. The van der Waals surface area contributed by atoms with Crippen molar-refractivity contribution in [2.24, 2.45) is 5.41 Å². The van der Waals surface area contributed by atoms with Gasteiger partial charge in [0, 0.05) is 6.54 Å². The van der Waals surface area contributed by atoms with E-state index < -0.39 is 11.5 Å². The SMILES string of the molecule is CC1(C(=O)N[C@H]2CCCN(c3ccccc3Cl)C2=O)COC1. The average Bonchev–Trinajstić information content (AvgIpc) is 2.48. The molecule has 2 aliphatic rings. The lowest BCUT2D eigenvalue weighted by molar-refractivity contribution is -0.159. The fraction of sp³-hybridized carbons (Fsp3) is 0.500. The van der Waals surface area contributed by atoms with Crippen LogP contribution in [0.2, 0.25) is 5.02 Å². The van der Waals surface area contributed by atoms with Gasteiger partial charge in [-0.1, -0.05) is 23.7 Å². The van der Waals surface area contributed by atoms with Crippen molar-refractivity contribution in [3.05, 3.63) is 29.3 Å². The number of hydrogen-bond donors (Lipinski definition) is 1. The lowest BCUT2D eigenvalue weighted by Crippen LogP contribution is -2.59. The Kier molecular flexibility index (Phi) is 4.10. The zero-order valence-corrected chi connectivity index (χ0v) is 13.2. The van der Waals surface area contributed by atoms with Gasteiger partial charge in [-0.05, 0) is 31.9 Å². The normalized spacial score (nSPS) is 23.8. The van der Waals surface area contributed by atoms with E-state index in [4.69, 9.17) is 16.3 Å². The molecule has 0 aliphatic carbocycles. The molecule has 0 bridgehead atoms. The summed E-state index contributed by atoms with van der Waals surface area (Å²) in [5, 5.41) is 3.42. The molecule has 6 heteroatoms. The van der Waals surface area contributed by atoms with Gasteiger partial charge in [0.25, 0.3) is 0 Å². The van der Waals surface area contributed by atoms with Gasteiger partial charge < -0.3 is 15.0 Å². The first-order valence-electron chi connectivity index (χ1n) is 7.46. The maximum atomic E-state index is 12.7. The largest absolute Gasteiger partial charge is 0.379 e. The Morgan fingerprint density at radius 2 is 2.14 bits per heavy atom. The van der Waals surface area contributed by atoms with Crippen LogP contribution in [0.15, 0.2) is 24.3 Å². The highest BCUT2D eigenvalue weighted by Gasteiger charge is 2.43. The second-order valence-electron chi connectivity index (χ2n) is 6.16. The summed E-state index contributed by atoms with van der Waals surface area (Å²) in [7, 11) is 0. The predicted molar refractivity (Wildman–Crippen MR) is 83.9 cm³/mol. The van der Waals surface area contributed by atoms with Gasteiger partial charge >= 0.3 is 0 Å². The van der Waals surface area contributed by atoms with Crippen LogP contribution in [0.4, 0.5) is 5.69 Å². The van der Waals surface area contributed by atoms with Gasteiger partial charge in [-0.15, -0.1) is 0 Å². The van der Waals surface area contributed by atoms with Crippen molar-refractivity contribution in [2.75, 3.05) is 24.7 Å². The second-order valence-corrected chi connectivity index (χ2v) is 6.57. The van der Waals surface area contributed by atoms with E-state index in [-0.39, 0.29) is 11.8 Å². The molecule has 5 nitrogen and oxygen atoms in total. The van der Waals surface area contributed by atoms with Crippen LogP contribution in [0, 0.1) is 5.41 Å². The third-order valence-electron chi connectivity index (χ3n) is 4.28. The molecule has 1 aromatic rings. The van der Waals surface area contributed by atoms with E-state index in [1.807, 2.05) is 25.1 Å². The number of ether oxygens (including phenoxy) is 1. The Morgan fingerprint density at radius 3 is 2.77 bits per heavy atom. The van der Waals surface area contributed by atoms with Gasteiger partial charge in [-0.25, -0.2) is 0 Å². The Morgan fingerprint density at radius 1 is 1.41 bits per heavy atom. The lowest BCUT2D eigenvalue weighted by Gasteiger charge is -2.39. The van der Waals surface area contributed by atoms with E-state index in [0.717, 1.165) is 6.42 Å². The molecule has 1 N–H and O–H groups in total. The van der Waals surface area contributed by atoms with Crippen molar-refractivity contribution in [1.29, 1.82) is 0 Å². The molecule has 0 aromatic heterocycles. The standard InChI is InChI=1S/C16H19ClN2O3/c1-16(9-22-10-16)15(21)18-12-6-4-8-19(14(12)20)13-7-3-2-5-11(13)17/h2-3,5,7,12H,4,6,8-10H2,1H3,(H,18,21)/t12-/m0/s1. The first-order valence-corrected chi connectivity index (χ1v) is 7.84. The molecule has 2 fully saturated rings. The number of hydrogen-bond acceptors (Lipinski definition) is 3. The van der Waals surface area contributed by atoms with E-state index in [1.165, 1.54) is 0 Å². The summed E-state index contributed by atoms with van der Waals surface area (Å²) >= 11 is 6.18. The van der Waals surface area contributed by atoms with Gasteiger partial charge in [-0.3, -0.25) is 9.59 Å². The molecule has 22 heavy (non-hydrogen) atoms. The second kappa shape index (κ2) is 5.89. The molecule has 118 valence electrons.